The van der Waals surface area contributed by atoms with Gasteiger partial charge in [0.1, 0.15) is 16.5 Å². The van der Waals surface area contributed by atoms with E-state index >= 15 is 0 Å². The third-order valence-corrected chi connectivity index (χ3v) is 6.37. The van der Waals surface area contributed by atoms with Crippen LogP contribution in [0.4, 0.5) is 5.69 Å². The Hall–Kier alpha value is -3.61. The van der Waals surface area contributed by atoms with Gasteiger partial charge in [-0.05, 0) is 77.8 Å². The van der Waals surface area contributed by atoms with Crippen LogP contribution in [-0.2, 0) is 14.9 Å². The van der Waals surface area contributed by atoms with Crippen LogP contribution in [0.5, 0.6) is 11.5 Å². The van der Waals surface area contributed by atoms with Crippen molar-refractivity contribution >= 4 is 43.7 Å². The summed E-state index contributed by atoms with van der Waals surface area (Å²) in [5.41, 5.74) is 1.90. The number of rotatable bonds is 8. The molecule has 0 fully saturated rings. The summed E-state index contributed by atoms with van der Waals surface area (Å²) in [5, 5.41) is 12.2. The van der Waals surface area contributed by atoms with Crippen LogP contribution in [0.25, 0.3) is 6.08 Å². The second kappa shape index (κ2) is 11.0. The van der Waals surface area contributed by atoms with E-state index < -0.39 is 16.0 Å². The van der Waals surface area contributed by atoms with E-state index in [0.717, 1.165) is 5.56 Å². The summed E-state index contributed by atoms with van der Waals surface area (Å²) >= 11 is 3.32. The summed E-state index contributed by atoms with van der Waals surface area (Å²) in [6.45, 7) is 3.90. The zero-order valence-corrected chi connectivity index (χ0v) is 20.8. The van der Waals surface area contributed by atoms with Crippen LogP contribution in [-0.4, -0.2) is 20.9 Å². The number of halogens is 1. The fourth-order valence-corrected chi connectivity index (χ4v) is 4.54. The molecule has 0 saturated heterocycles. The molecule has 0 atom stereocenters. The summed E-state index contributed by atoms with van der Waals surface area (Å²) in [5.74, 6) is -0.475. The number of anilines is 1. The smallest absolute Gasteiger partial charge is 0.339 e. The van der Waals surface area contributed by atoms with Gasteiger partial charge in [0.2, 0.25) is 0 Å². The molecule has 0 aromatic heterocycles. The maximum atomic E-state index is 12.7. The Morgan fingerprint density at radius 3 is 2.41 bits per heavy atom. The van der Waals surface area contributed by atoms with Crippen LogP contribution >= 0.6 is 15.9 Å². The van der Waals surface area contributed by atoms with E-state index in [-0.39, 0.29) is 33.0 Å². The average molecular weight is 541 g/mol. The van der Waals surface area contributed by atoms with Crippen molar-refractivity contribution in [3.63, 3.8) is 0 Å². The molecule has 1 amide bonds. The summed E-state index contributed by atoms with van der Waals surface area (Å²) in [4.78, 5) is 12.6. The molecule has 0 spiro atoms. The van der Waals surface area contributed by atoms with Crippen LogP contribution < -0.4 is 14.2 Å². The zero-order valence-electron chi connectivity index (χ0n) is 18.4. The predicted octanol–water partition coefficient (Wildman–Crippen LogP) is 5.47. The van der Waals surface area contributed by atoms with E-state index in [2.05, 4.69) is 21.2 Å². The molecule has 0 aliphatic carbocycles. The first-order valence-electron chi connectivity index (χ1n) is 10.2. The Bertz CT molecular complexity index is 1360. The van der Waals surface area contributed by atoms with Gasteiger partial charge in [0.05, 0.1) is 11.1 Å². The Kier molecular flexibility index (Phi) is 8.10. The Morgan fingerprint density at radius 2 is 1.79 bits per heavy atom. The number of nitrogens with zero attached hydrogens (tertiary/aromatic N) is 1. The van der Waals surface area contributed by atoms with E-state index in [0.29, 0.717) is 11.3 Å². The van der Waals surface area contributed by atoms with E-state index in [4.69, 9.17) is 8.92 Å². The lowest BCUT2D eigenvalue weighted by atomic mass is 10.1. The Labute approximate surface area is 206 Å². The highest BCUT2D eigenvalue weighted by Crippen LogP contribution is 2.39. The number of carbonyl (C=O) groups excluding carboxylic acids is 1. The van der Waals surface area contributed by atoms with Gasteiger partial charge in [-0.2, -0.15) is 13.7 Å². The van der Waals surface area contributed by atoms with Gasteiger partial charge in [-0.3, -0.25) is 4.79 Å². The van der Waals surface area contributed by atoms with Crippen molar-refractivity contribution in [2.24, 2.45) is 0 Å². The summed E-state index contributed by atoms with van der Waals surface area (Å²) in [7, 11) is -4.11. The van der Waals surface area contributed by atoms with Crippen LogP contribution in [0.2, 0.25) is 0 Å². The van der Waals surface area contributed by atoms with Gasteiger partial charge in [-0.15, -0.1) is 0 Å². The van der Waals surface area contributed by atoms with E-state index in [1.54, 1.807) is 37.3 Å². The standard InChI is InChI=1S/C25H21BrN2O5S/c1-3-32-23-15-18(13-19(16-27)25(29)28-20-11-9-17(2)10-12-20)14-22(26)24(23)33-34(30,31)21-7-5-4-6-8-21/h4-15H,3H2,1-2H3,(H,28,29)/b19-13+. The zero-order chi connectivity index (χ0) is 24.7. The third kappa shape index (κ3) is 6.25. The van der Waals surface area contributed by atoms with Gasteiger partial charge in [0.25, 0.3) is 5.91 Å². The van der Waals surface area contributed by atoms with Crippen LogP contribution in [0.1, 0.15) is 18.1 Å². The summed E-state index contributed by atoms with van der Waals surface area (Å²) in [6.07, 6.45) is 1.38. The topological polar surface area (TPSA) is 105 Å². The molecule has 0 bridgehead atoms. The SMILES string of the molecule is CCOc1cc(/C=C(\C#N)C(=O)Nc2ccc(C)cc2)cc(Br)c1OS(=O)(=O)c1ccccc1. The number of carbonyl (C=O) groups is 1. The minimum atomic E-state index is -4.11. The average Bonchev–Trinajstić information content (AvgIpc) is 2.82. The molecule has 3 rings (SSSR count). The first kappa shape index (κ1) is 25.0. The summed E-state index contributed by atoms with van der Waals surface area (Å²) in [6, 6.07) is 19.8. The van der Waals surface area contributed by atoms with Crippen LogP contribution in [0.3, 0.4) is 0 Å². The van der Waals surface area contributed by atoms with Crippen molar-refractivity contribution in [3.05, 3.63) is 87.9 Å². The van der Waals surface area contributed by atoms with E-state index in [1.807, 2.05) is 25.1 Å². The fourth-order valence-electron chi connectivity index (χ4n) is 2.91. The quantitative estimate of drug-likeness (QED) is 0.230. The van der Waals surface area contributed by atoms with E-state index in [1.165, 1.54) is 30.3 Å². The molecule has 9 heteroatoms. The summed E-state index contributed by atoms with van der Waals surface area (Å²) < 4.78 is 36.6. The lowest BCUT2D eigenvalue weighted by Gasteiger charge is -2.14. The minimum absolute atomic E-state index is 0.00661. The molecule has 0 radical (unpaired) electrons. The highest BCUT2D eigenvalue weighted by Gasteiger charge is 2.22. The van der Waals surface area contributed by atoms with Gasteiger partial charge in [-0.1, -0.05) is 35.9 Å². The highest BCUT2D eigenvalue weighted by atomic mass is 79.9. The minimum Gasteiger partial charge on any atom is -0.490 e. The predicted molar refractivity (Wildman–Crippen MR) is 133 cm³/mol. The highest BCUT2D eigenvalue weighted by molar-refractivity contribution is 9.10. The second-order valence-corrected chi connectivity index (χ2v) is 9.50. The number of ether oxygens (including phenoxy) is 1. The Balaban J connectivity index is 1.93. The number of nitriles is 1. The maximum Gasteiger partial charge on any atom is 0.339 e. The first-order chi connectivity index (χ1) is 16.2. The van der Waals surface area contributed by atoms with Crippen molar-refractivity contribution in [1.29, 1.82) is 5.26 Å². The van der Waals surface area contributed by atoms with Gasteiger partial charge >= 0.3 is 10.1 Å². The number of amides is 1. The molecule has 0 saturated carbocycles. The molecule has 34 heavy (non-hydrogen) atoms. The number of hydrogen-bond donors (Lipinski definition) is 1. The number of hydrogen-bond acceptors (Lipinski definition) is 6. The van der Waals surface area contributed by atoms with Crippen molar-refractivity contribution in [3.8, 4) is 17.6 Å². The lowest BCUT2D eigenvalue weighted by molar-refractivity contribution is -0.112. The molecule has 3 aromatic carbocycles. The normalized spacial score (nSPS) is 11.4. The molecule has 0 aliphatic rings. The molecule has 7 nitrogen and oxygen atoms in total. The van der Waals surface area contributed by atoms with Crippen LogP contribution in [0, 0.1) is 18.3 Å². The van der Waals surface area contributed by atoms with Crippen molar-refractivity contribution in [2.45, 2.75) is 18.7 Å². The molecule has 174 valence electrons. The van der Waals surface area contributed by atoms with Crippen molar-refractivity contribution < 1.29 is 22.1 Å². The number of aryl methyl sites for hydroxylation is 1. The molecule has 1 N–H and O–H groups in total. The monoisotopic (exact) mass is 540 g/mol. The second-order valence-electron chi connectivity index (χ2n) is 7.10. The molecule has 3 aromatic rings. The van der Waals surface area contributed by atoms with Gasteiger partial charge in [-0.25, -0.2) is 0 Å². The fraction of sp³-hybridized carbons (Fsp3) is 0.120. The largest absolute Gasteiger partial charge is 0.490 e. The molecule has 0 unspecified atom stereocenters. The molecular formula is C25H21BrN2O5S. The Morgan fingerprint density at radius 1 is 1.12 bits per heavy atom. The van der Waals surface area contributed by atoms with Crippen LogP contribution in [0.15, 0.2) is 81.7 Å². The molecule has 0 heterocycles. The van der Waals surface area contributed by atoms with Crippen molar-refractivity contribution in [1.82, 2.24) is 0 Å². The third-order valence-electron chi connectivity index (χ3n) is 4.54. The molecular weight excluding hydrogens is 520 g/mol. The lowest BCUT2D eigenvalue weighted by Crippen LogP contribution is -2.13. The first-order valence-corrected chi connectivity index (χ1v) is 12.4. The van der Waals surface area contributed by atoms with E-state index in [9.17, 15) is 18.5 Å². The molecule has 0 aliphatic heterocycles. The van der Waals surface area contributed by atoms with Gasteiger partial charge < -0.3 is 14.2 Å². The van der Waals surface area contributed by atoms with Crippen molar-refractivity contribution in [2.75, 3.05) is 11.9 Å². The number of nitrogens with one attached hydrogen (secondary N) is 1. The van der Waals surface area contributed by atoms with Gasteiger partial charge in [0, 0.05) is 5.69 Å². The van der Waals surface area contributed by atoms with Gasteiger partial charge in [0.15, 0.2) is 11.5 Å². The maximum absolute atomic E-state index is 12.7. The number of benzene rings is 3.